The van der Waals surface area contributed by atoms with Crippen molar-refractivity contribution in [2.45, 2.75) is 18.6 Å². The molecule has 0 radical (unpaired) electrons. The van der Waals surface area contributed by atoms with Crippen LogP contribution in [0.15, 0.2) is 59.6 Å². The topological polar surface area (TPSA) is 24.4 Å². The number of nitrogens with zero attached hydrogens (tertiary/aromatic N) is 1. The molecule has 0 aliphatic carbocycles. The van der Waals surface area contributed by atoms with Crippen molar-refractivity contribution >= 4 is 22.6 Å². The SMILES string of the molecule is CCc1ccc(NC2=NC[C@H](c3ccccc3)S2)cc1. The highest BCUT2D eigenvalue weighted by atomic mass is 32.2. The van der Waals surface area contributed by atoms with Crippen molar-refractivity contribution in [1.82, 2.24) is 0 Å². The molecule has 102 valence electrons. The van der Waals surface area contributed by atoms with Gasteiger partial charge in [0.1, 0.15) is 0 Å². The molecular weight excluding hydrogens is 264 g/mol. The van der Waals surface area contributed by atoms with Crippen molar-refractivity contribution in [3.05, 3.63) is 65.7 Å². The van der Waals surface area contributed by atoms with Crippen LogP contribution < -0.4 is 5.32 Å². The predicted octanol–water partition coefficient (Wildman–Crippen LogP) is 4.51. The maximum absolute atomic E-state index is 4.60. The Kier molecular flexibility index (Phi) is 4.07. The maximum atomic E-state index is 4.60. The molecule has 0 amide bonds. The smallest absolute Gasteiger partial charge is 0.161 e. The van der Waals surface area contributed by atoms with Crippen LogP contribution >= 0.6 is 11.8 Å². The van der Waals surface area contributed by atoms with E-state index in [1.54, 1.807) is 0 Å². The van der Waals surface area contributed by atoms with Gasteiger partial charge in [-0.05, 0) is 29.7 Å². The fourth-order valence-electron chi connectivity index (χ4n) is 2.23. The predicted molar refractivity (Wildman–Crippen MR) is 88.5 cm³/mol. The van der Waals surface area contributed by atoms with Gasteiger partial charge in [-0.15, -0.1) is 0 Å². The molecule has 3 heteroatoms. The van der Waals surface area contributed by atoms with Crippen LogP contribution in [-0.4, -0.2) is 11.7 Å². The highest BCUT2D eigenvalue weighted by Gasteiger charge is 2.21. The Morgan fingerprint density at radius 1 is 1.10 bits per heavy atom. The van der Waals surface area contributed by atoms with Crippen molar-refractivity contribution < 1.29 is 0 Å². The Morgan fingerprint density at radius 3 is 2.55 bits per heavy atom. The zero-order valence-electron chi connectivity index (χ0n) is 11.5. The second-order valence-corrected chi connectivity index (χ2v) is 6.03. The van der Waals surface area contributed by atoms with Gasteiger partial charge in [0, 0.05) is 5.69 Å². The second kappa shape index (κ2) is 6.14. The van der Waals surface area contributed by atoms with E-state index in [0.717, 1.165) is 23.8 Å². The Labute approximate surface area is 124 Å². The molecule has 0 unspecified atom stereocenters. The van der Waals surface area contributed by atoms with Crippen molar-refractivity contribution in [3.8, 4) is 0 Å². The van der Waals surface area contributed by atoms with Crippen molar-refractivity contribution in [1.29, 1.82) is 0 Å². The van der Waals surface area contributed by atoms with Gasteiger partial charge < -0.3 is 5.32 Å². The summed E-state index contributed by atoms with van der Waals surface area (Å²) >= 11 is 1.81. The van der Waals surface area contributed by atoms with Crippen LogP contribution in [0.25, 0.3) is 0 Å². The van der Waals surface area contributed by atoms with E-state index in [-0.39, 0.29) is 0 Å². The zero-order chi connectivity index (χ0) is 13.8. The zero-order valence-corrected chi connectivity index (χ0v) is 12.4. The lowest BCUT2D eigenvalue weighted by molar-refractivity contribution is 0.966. The number of anilines is 1. The van der Waals surface area contributed by atoms with E-state index in [1.165, 1.54) is 11.1 Å². The summed E-state index contributed by atoms with van der Waals surface area (Å²) in [6.07, 6.45) is 1.08. The third kappa shape index (κ3) is 3.05. The first-order chi connectivity index (χ1) is 9.85. The molecule has 1 atom stereocenters. The molecule has 0 spiro atoms. The largest absolute Gasteiger partial charge is 0.335 e. The number of hydrogen-bond donors (Lipinski definition) is 1. The molecule has 1 N–H and O–H groups in total. The number of hydrogen-bond acceptors (Lipinski definition) is 3. The van der Waals surface area contributed by atoms with E-state index >= 15 is 0 Å². The number of rotatable bonds is 3. The van der Waals surface area contributed by atoms with Crippen LogP contribution in [0.1, 0.15) is 23.3 Å². The van der Waals surface area contributed by atoms with Crippen LogP contribution in [-0.2, 0) is 6.42 Å². The third-order valence-electron chi connectivity index (χ3n) is 3.44. The van der Waals surface area contributed by atoms with Gasteiger partial charge in [-0.25, -0.2) is 0 Å². The highest BCUT2D eigenvalue weighted by molar-refractivity contribution is 8.14. The van der Waals surface area contributed by atoms with Gasteiger partial charge in [0.15, 0.2) is 5.17 Å². The molecule has 0 saturated carbocycles. The fraction of sp³-hybridized carbons (Fsp3) is 0.235. The molecular formula is C17H18N2S. The van der Waals surface area contributed by atoms with Crippen LogP contribution in [0.2, 0.25) is 0 Å². The molecule has 0 saturated heterocycles. The minimum absolute atomic E-state index is 0.439. The van der Waals surface area contributed by atoms with E-state index in [9.17, 15) is 0 Å². The molecule has 0 fully saturated rings. The van der Waals surface area contributed by atoms with Gasteiger partial charge in [0.2, 0.25) is 0 Å². The van der Waals surface area contributed by atoms with Crippen molar-refractivity contribution in [2.75, 3.05) is 11.9 Å². The summed E-state index contributed by atoms with van der Waals surface area (Å²) in [5.41, 5.74) is 3.82. The van der Waals surface area contributed by atoms with Crippen LogP contribution in [0, 0.1) is 0 Å². The number of thioether (sulfide) groups is 1. The molecule has 0 bridgehead atoms. The average molecular weight is 282 g/mol. The average Bonchev–Trinajstić information content (AvgIpc) is 2.97. The van der Waals surface area contributed by atoms with Gasteiger partial charge >= 0.3 is 0 Å². The highest BCUT2D eigenvalue weighted by Crippen LogP contribution is 2.35. The van der Waals surface area contributed by atoms with E-state index in [1.807, 2.05) is 11.8 Å². The van der Waals surface area contributed by atoms with Gasteiger partial charge in [0.25, 0.3) is 0 Å². The Bertz CT molecular complexity index is 590. The Hall–Kier alpha value is -1.74. The molecule has 1 aliphatic heterocycles. The summed E-state index contributed by atoms with van der Waals surface area (Å²) < 4.78 is 0. The quantitative estimate of drug-likeness (QED) is 0.896. The molecule has 0 aromatic heterocycles. The molecule has 3 rings (SSSR count). The van der Waals surface area contributed by atoms with Gasteiger partial charge in [-0.2, -0.15) is 0 Å². The maximum Gasteiger partial charge on any atom is 0.161 e. The number of nitrogens with one attached hydrogen (secondary N) is 1. The number of benzene rings is 2. The van der Waals surface area contributed by atoms with Gasteiger partial charge in [-0.1, -0.05) is 61.2 Å². The minimum atomic E-state index is 0.439. The van der Waals surface area contributed by atoms with Crippen LogP contribution in [0.4, 0.5) is 5.69 Å². The first-order valence-electron chi connectivity index (χ1n) is 6.97. The third-order valence-corrected chi connectivity index (χ3v) is 4.60. The Balaban J connectivity index is 1.62. The molecule has 1 heterocycles. The molecule has 1 aliphatic rings. The summed E-state index contributed by atoms with van der Waals surface area (Å²) in [4.78, 5) is 4.60. The fourth-order valence-corrected chi connectivity index (χ4v) is 3.27. The van der Waals surface area contributed by atoms with Crippen LogP contribution in [0.3, 0.4) is 0 Å². The lowest BCUT2D eigenvalue weighted by Gasteiger charge is -2.09. The lowest BCUT2D eigenvalue weighted by Crippen LogP contribution is -2.05. The van der Waals surface area contributed by atoms with E-state index in [0.29, 0.717) is 5.25 Å². The van der Waals surface area contributed by atoms with Crippen LogP contribution in [0.5, 0.6) is 0 Å². The normalized spacial score (nSPS) is 17.9. The molecule has 2 aromatic rings. The summed E-state index contributed by atoms with van der Waals surface area (Å²) in [6, 6.07) is 19.1. The number of aryl methyl sites for hydroxylation is 1. The summed E-state index contributed by atoms with van der Waals surface area (Å²) in [6.45, 7) is 3.02. The summed E-state index contributed by atoms with van der Waals surface area (Å²) in [5, 5.41) is 4.86. The minimum Gasteiger partial charge on any atom is -0.335 e. The van der Waals surface area contributed by atoms with E-state index < -0.39 is 0 Å². The first-order valence-corrected chi connectivity index (χ1v) is 7.85. The Morgan fingerprint density at radius 2 is 1.85 bits per heavy atom. The van der Waals surface area contributed by atoms with Crippen molar-refractivity contribution in [2.24, 2.45) is 4.99 Å². The van der Waals surface area contributed by atoms with E-state index in [2.05, 4.69) is 71.8 Å². The lowest BCUT2D eigenvalue weighted by atomic mass is 10.1. The van der Waals surface area contributed by atoms with Gasteiger partial charge in [0.05, 0.1) is 11.8 Å². The number of amidine groups is 1. The van der Waals surface area contributed by atoms with Gasteiger partial charge in [-0.3, -0.25) is 4.99 Å². The molecule has 2 nitrogen and oxygen atoms in total. The van der Waals surface area contributed by atoms with E-state index in [4.69, 9.17) is 0 Å². The first kappa shape index (κ1) is 13.3. The van der Waals surface area contributed by atoms with Crippen molar-refractivity contribution in [3.63, 3.8) is 0 Å². The molecule has 20 heavy (non-hydrogen) atoms. The monoisotopic (exact) mass is 282 g/mol. The standard InChI is InChI=1S/C17H18N2S/c1-2-13-8-10-15(11-9-13)19-17-18-12-16(20-17)14-6-4-3-5-7-14/h3-11,16H,2,12H2,1H3,(H,18,19)/t16-/m1/s1. The second-order valence-electron chi connectivity index (χ2n) is 4.84. The number of aliphatic imine (C=N–C) groups is 1. The summed E-state index contributed by atoms with van der Waals surface area (Å²) in [7, 11) is 0. The molecule has 2 aromatic carbocycles. The summed E-state index contributed by atoms with van der Waals surface area (Å²) in [5.74, 6) is 0.